The molecule has 2 nitrogen and oxygen atoms in total. The van der Waals surface area contributed by atoms with Gasteiger partial charge in [-0.3, -0.25) is 0 Å². The summed E-state index contributed by atoms with van der Waals surface area (Å²) in [6.07, 6.45) is 1.15. The van der Waals surface area contributed by atoms with Gasteiger partial charge < -0.3 is 10.2 Å². The van der Waals surface area contributed by atoms with Gasteiger partial charge in [-0.1, -0.05) is 18.2 Å². The van der Waals surface area contributed by atoms with Gasteiger partial charge in [-0.05, 0) is 93.0 Å². The fraction of sp³-hybridized carbons (Fsp3) is 0.294. The Morgan fingerprint density at radius 1 is 1.14 bits per heavy atom. The van der Waals surface area contributed by atoms with E-state index >= 15 is 0 Å². The third-order valence-corrected chi connectivity index (χ3v) is 7.16. The van der Waals surface area contributed by atoms with E-state index in [0.717, 1.165) is 26.1 Å². The molecule has 0 fully saturated rings. The molecule has 0 aliphatic carbocycles. The first-order chi connectivity index (χ1) is 10.1. The highest BCUT2D eigenvalue weighted by Gasteiger charge is 2.12. The van der Waals surface area contributed by atoms with Gasteiger partial charge >= 0.3 is 0 Å². The summed E-state index contributed by atoms with van der Waals surface area (Å²) in [5.41, 5.74) is 5.63. The number of rotatable bonds is 3. The van der Waals surface area contributed by atoms with Crippen molar-refractivity contribution in [3.63, 3.8) is 0 Å². The molecule has 0 atom stereocenters. The van der Waals surface area contributed by atoms with Gasteiger partial charge in [-0.2, -0.15) is 0 Å². The first-order valence-electron chi connectivity index (χ1n) is 7.11. The van der Waals surface area contributed by atoms with Crippen LogP contribution in [0.1, 0.15) is 16.7 Å². The van der Waals surface area contributed by atoms with E-state index in [0.29, 0.717) is 0 Å². The van der Waals surface area contributed by atoms with Crippen LogP contribution >= 0.6 is 45.2 Å². The van der Waals surface area contributed by atoms with Crippen LogP contribution in [0.25, 0.3) is 0 Å². The third-order valence-electron chi connectivity index (χ3n) is 3.96. The Kier molecular flexibility index (Phi) is 5.06. The lowest BCUT2D eigenvalue weighted by Crippen LogP contribution is -2.24. The minimum atomic E-state index is 0.946. The van der Waals surface area contributed by atoms with E-state index < -0.39 is 0 Å². The number of anilines is 1. The predicted octanol–water partition coefficient (Wildman–Crippen LogP) is 4.18. The molecule has 1 aliphatic rings. The molecule has 0 saturated carbocycles. The second-order valence-electron chi connectivity index (χ2n) is 5.45. The highest BCUT2D eigenvalue weighted by atomic mass is 127. The summed E-state index contributed by atoms with van der Waals surface area (Å²) in [6, 6.07) is 13.4. The first-order valence-corrected chi connectivity index (χ1v) is 9.27. The van der Waals surface area contributed by atoms with Crippen molar-refractivity contribution in [2.75, 3.05) is 18.5 Å². The molecule has 21 heavy (non-hydrogen) atoms. The quantitative estimate of drug-likeness (QED) is 0.632. The molecule has 0 saturated heterocycles. The maximum Gasteiger partial charge on any atom is 0.0437 e. The van der Waals surface area contributed by atoms with Gasteiger partial charge in [0.2, 0.25) is 0 Å². The lowest BCUT2D eigenvalue weighted by molar-refractivity contribution is 0.643. The zero-order valence-electron chi connectivity index (χ0n) is 12.0. The fourth-order valence-electron chi connectivity index (χ4n) is 2.72. The molecule has 2 aromatic carbocycles. The summed E-state index contributed by atoms with van der Waals surface area (Å²) in [4.78, 5) is 2.34. The largest absolute Gasteiger partial charge is 0.370 e. The summed E-state index contributed by atoms with van der Waals surface area (Å²) in [6.45, 7) is 3.04. The number of hydrogen-bond donors (Lipinski definition) is 1. The van der Waals surface area contributed by atoms with Gasteiger partial charge in [-0.15, -0.1) is 0 Å². The summed E-state index contributed by atoms with van der Waals surface area (Å²) in [5, 5.41) is 3.45. The number of fused-ring (bicyclic) bond motifs is 1. The lowest BCUT2D eigenvalue weighted by Gasteiger charge is -2.24. The Balaban J connectivity index is 1.82. The Bertz CT molecular complexity index is 655. The van der Waals surface area contributed by atoms with Crippen LogP contribution in [0.2, 0.25) is 0 Å². The molecule has 110 valence electrons. The predicted molar refractivity (Wildman–Crippen MR) is 106 cm³/mol. The number of halogens is 2. The SMILES string of the molecule is CN(Cc1cccc(I)c1I)c1ccc2c(c1)CNCC2. The van der Waals surface area contributed by atoms with E-state index in [9.17, 15) is 0 Å². The standard InChI is InChI=1S/C17H18I2N2/c1-21(11-13-3-2-4-16(18)17(13)19)15-6-5-12-7-8-20-10-14(12)9-15/h2-6,9,20H,7-8,10-11H2,1H3. The lowest BCUT2D eigenvalue weighted by atomic mass is 10.00. The molecular formula is C17H18I2N2. The highest BCUT2D eigenvalue weighted by molar-refractivity contribution is 14.1. The molecule has 1 aliphatic heterocycles. The van der Waals surface area contributed by atoms with E-state index in [-0.39, 0.29) is 0 Å². The van der Waals surface area contributed by atoms with Crippen molar-refractivity contribution in [3.8, 4) is 0 Å². The summed E-state index contributed by atoms with van der Waals surface area (Å²) >= 11 is 4.85. The zero-order valence-corrected chi connectivity index (χ0v) is 16.3. The van der Waals surface area contributed by atoms with Crippen molar-refractivity contribution in [1.29, 1.82) is 0 Å². The average molecular weight is 504 g/mol. The van der Waals surface area contributed by atoms with Crippen LogP contribution in [0, 0.1) is 7.14 Å². The van der Waals surface area contributed by atoms with E-state index in [1.54, 1.807) is 0 Å². The van der Waals surface area contributed by atoms with Crippen LogP contribution in [-0.4, -0.2) is 13.6 Å². The van der Waals surface area contributed by atoms with Gasteiger partial charge in [0.15, 0.2) is 0 Å². The Hall–Kier alpha value is -0.340. The molecule has 0 spiro atoms. The molecule has 1 N–H and O–H groups in total. The third kappa shape index (κ3) is 3.53. The van der Waals surface area contributed by atoms with Gasteiger partial charge in [0.25, 0.3) is 0 Å². The van der Waals surface area contributed by atoms with Gasteiger partial charge in [0.1, 0.15) is 0 Å². The van der Waals surface area contributed by atoms with Crippen LogP contribution in [-0.2, 0) is 19.5 Å². The zero-order chi connectivity index (χ0) is 14.8. The van der Waals surface area contributed by atoms with E-state index in [4.69, 9.17) is 0 Å². The molecule has 3 rings (SSSR count). The molecule has 4 heteroatoms. The van der Waals surface area contributed by atoms with Gasteiger partial charge in [0, 0.05) is 33.0 Å². The number of benzene rings is 2. The number of nitrogens with one attached hydrogen (secondary N) is 1. The monoisotopic (exact) mass is 504 g/mol. The number of nitrogens with zero attached hydrogens (tertiary/aromatic N) is 1. The van der Waals surface area contributed by atoms with Gasteiger partial charge in [0.05, 0.1) is 0 Å². The smallest absolute Gasteiger partial charge is 0.0437 e. The van der Waals surface area contributed by atoms with Crippen molar-refractivity contribution in [1.82, 2.24) is 5.32 Å². The first kappa shape index (κ1) is 15.6. The van der Waals surface area contributed by atoms with Crippen LogP contribution in [0.15, 0.2) is 36.4 Å². The Morgan fingerprint density at radius 3 is 2.86 bits per heavy atom. The molecule has 1 heterocycles. The van der Waals surface area contributed by atoms with Crippen molar-refractivity contribution < 1.29 is 0 Å². The molecule has 0 aromatic heterocycles. The molecule has 0 amide bonds. The highest BCUT2D eigenvalue weighted by Crippen LogP contribution is 2.25. The van der Waals surface area contributed by atoms with Crippen molar-refractivity contribution in [2.45, 2.75) is 19.5 Å². The second kappa shape index (κ2) is 6.83. The van der Waals surface area contributed by atoms with Crippen LogP contribution in [0.5, 0.6) is 0 Å². The Morgan fingerprint density at radius 2 is 2.00 bits per heavy atom. The fourth-order valence-corrected chi connectivity index (χ4v) is 3.81. The summed E-state index contributed by atoms with van der Waals surface area (Å²) in [7, 11) is 2.17. The Labute approximate surface area is 153 Å². The average Bonchev–Trinajstić information content (AvgIpc) is 2.51. The minimum Gasteiger partial charge on any atom is -0.370 e. The molecule has 0 bridgehead atoms. The molecular weight excluding hydrogens is 486 g/mol. The minimum absolute atomic E-state index is 0.946. The van der Waals surface area contributed by atoms with E-state index in [1.165, 1.54) is 29.5 Å². The maximum absolute atomic E-state index is 3.45. The number of hydrogen-bond acceptors (Lipinski definition) is 2. The van der Waals surface area contributed by atoms with E-state index in [1.807, 2.05) is 0 Å². The normalized spacial score (nSPS) is 13.9. The molecule has 2 aromatic rings. The summed E-state index contributed by atoms with van der Waals surface area (Å²) < 4.78 is 2.69. The topological polar surface area (TPSA) is 15.3 Å². The van der Waals surface area contributed by atoms with Crippen molar-refractivity contribution >= 4 is 50.9 Å². The molecule has 0 radical (unpaired) electrons. The van der Waals surface area contributed by atoms with E-state index in [2.05, 4.69) is 98.8 Å². The van der Waals surface area contributed by atoms with Crippen LogP contribution in [0.4, 0.5) is 5.69 Å². The molecule has 0 unspecified atom stereocenters. The van der Waals surface area contributed by atoms with Crippen LogP contribution in [0.3, 0.4) is 0 Å². The van der Waals surface area contributed by atoms with Gasteiger partial charge in [-0.25, -0.2) is 0 Å². The van der Waals surface area contributed by atoms with Crippen molar-refractivity contribution in [2.24, 2.45) is 0 Å². The second-order valence-corrected chi connectivity index (χ2v) is 7.69. The maximum atomic E-state index is 3.45. The van der Waals surface area contributed by atoms with Crippen LogP contribution < -0.4 is 10.2 Å². The summed E-state index contributed by atoms with van der Waals surface area (Å²) in [5.74, 6) is 0. The van der Waals surface area contributed by atoms with Crippen molar-refractivity contribution in [3.05, 3.63) is 60.2 Å².